The number of aldehydes is 1. The minimum absolute atomic E-state index is 0.102. The van der Waals surface area contributed by atoms with Gasteiger partial charge in [-0.15, -0.1) is 0 Å². The number of carboxylic acid groups (broad SMARTS) is 1. The maximum absolute atomic E-state index is 9.94. The Kier molecular flexibility index (Phi) is 10.2. The highest BCUT2D eigenvalue weighted by molar-refractivity contribution is 6.41. The van der Waals surface area contributed by atoms with Gasteiger partial charge in [-0.2, -0.15) is 0 Å². The molecule has 9 heteroatoms. The van der Waals surface area contributed by atoms with Crippen LogP contribution < -0.4 is 11.1 Å². The molecule has 1 saturated carbocycles. The predicted molar refractivity (Wildman–Crippen MR) is 96.0 cm³/mol. The Morgan fingerprint density at radius 3 is 2.24 bits per heavy atom. The molecule has 0 aromatic rings. The van der Waals surface area contributed by atoms with Gasteiger partial charge in [-0.3, -0.25) is 4.79 Å². The smallest absolute Gasteiger partial charge is 0.451 e. The second kappa shape index (κ2) is 11.6. The quantitative estimate of drug-likeness (QED) is 0.324. The molecule has 25 heavy (non-hydrogen) atoms. The predicted octanol–water partition coefficient (Wildman–Crippen LogP) is -0.843. The van der Waals surface area contributed by atoms with Crippen LogP contribution in [0.3, 0.4) is 0 Å². The average Bonchev–Trinajstić information content (AvgIpc) is 3.22. The van der Waals surface area contributed by atoms with Gasteiger partial charge in [0.05, 0.1) is 6.04 Å². The molecular weight excluding hydrogens is 325 g/mol. The van der Waals surface area contributed by atoms with Gasteiger partial charge in [0.2, 0.25) is 0 Å². The largest absolute Gasteiger partial charge is 0.481 e. The normalized spacial score (nSPS) is 30.6. The number of hydrogen-bond donors (Lipinski definition) is 5. The van der Waals surface area contributed by atoms with Crippen LogP contribution in [0.4, 0.5) is 0 Å². The first-order chi connectivity index (χ1) is 11.8. The first-order valence-electron chi connectivity index (χ1n) is 9.02. The van der Waals surface area contributed by atoms with E-state index in [4.69, 9.17) is 20.9 Å². The van der Waals surface area contributed by atoms with Crippen LogP contribution >= 0.6 is 0 Å². The molecule has 3 aliphatic rings. The van der Waals surface area contributed by atoms with Crippen LogP contribution in [-0.4, -0.2) is 78.2 Å². The fourth-order valence-corrected chi connectivity index (χ4v) is 3.66. The molecule has 8 nitrogen and oxygen atoms in total. The zero-order chi connectivity index (χ0) is 18.8. The molecule has 3 rings (SSSR count). The molecule has 0 spiro atoms. The Morgan fingerprint density at radius 1 is 1.32 bits per heavy atom. The standard InChI is InChI=1S/C8H16N2.C5H9NO.C3H7BO4/c1-10-4-6-2-8(9)3-7(6)5-10;7-4-5-2-1-3-6-5;5-3(6)1-2-4(7)8/h6-8H,2-5,9H2,1H3;4-6H,1-3H2;7-8H,1-2H2,(H,5,6)/t6-,7+,8?;;. The van der Waals surface area contributed by atoms with E-state index < -0.39 is 13.1 Å². The van der Waals surface area contributed by atoms with E-state index in [9.17, 15) is 9.59 Å². The molecule has 2 saturated heterocycles. The van der Waals surface area contributed by atoms with Gasteiger partial charge in [0, 0.05) is 25.6 Å². The zero-order valence-corrected chi connectivity index (χ0v) is 15.0. The molecule has 144 valence electrons. The van der Waals surface area contributed by atoms with Gasteiger partial charge < -0.3 is 35.9 Å². The summed E-state index contributed by atoms with van der Waals surface area (Å²) in [6.45, 7) is 3.60. The SMILES string of the molecule is CN1C[C@H]2CC(N)C[C@H]2C1.O=C(O)CCB(O)O.O=CC1CCCN1. The van der Waals surface area contributed by atoms with Crippen molar-refractivity contribution in [1.82, 2.24) is 10.2 Å². The Labute approximate surface area is 149 Å². The first-order valence-corrected chi connectivity index (χ1v) is 9.02. The van der Waals surface area contributed by atoms with Gasteiger partial charge in [0.25, 0.3) is 0 Å². The number of nitrogens with zero attached hydrogens (tertiary/aromatic N) is 1. The van der Waals surface area contributed by atoms with Crippen molar-refractivity contribution < 1.29 is 24.7 Å². The van der Waals surface area contributed by atoms with Gasteiger partial charge in [-0.05, 0) is 57.4 Å². The molecule has 4 atom stereocenters. The molecule has 2 aliphatic heterocycles. The van der Waals surface area contributed by atoms with Crippen LogP contribution in [0.25, 0.3) is 0 Å². The van der Waals surface area contributed by atoms with Crippen molar-refractivity contribution in [2.24, 2.45) is 17.6 Å². The highest BCUT2D eigenvalue weighted by atomic mass is 16.4. The van der Waals surface area contributed by atoms with Crippen molar-refractivity contribution in [3.05, 3.63) is 0 Å². The van der Waals surface area contributed by atoms with E-state index in [1.807, 2.05) is 0 Å². The number of carboxylic acids is 1. The Morgan fingerprint density at radius 2 is 1.92 bits per heavy atom. The maximum atomic E-state index is 9.94. The van der Waals surface area contributed by atoms with E-state index in [1.54, 1.807) is 0 Å². The number of likely N-dealkylation sites (tertiary alicyclic amines) is 1. The van der Waals surface area contributed by atoms with E-state index in [0.717, 1.165) is 37.5 Å². The van der Waals surface area contributed by atoms with Crippen molar-refractivity contribution >= 4 is 19.4 Å². The molecule has 2 heterocycles. The lowest BCUT2D eigenvalue weighted by molar-refractivity contribution is -0.136. The van der Waals surface area contributed by atoms with Crippen LogP contribution in [0.2, 0.25) is 6.32 Å². The summed E-state index contributed by atoms with van der Waals surface area (Å²) in [7, 11) is 0.718. The summed E-state index contributed by atoms with van der Waals surface area (Å²) in [5.74, 6) is 0.845. The summed E-state index contributed by atoms with van der Waals surface area (Å²) in [6.07, 6.45) is 5.41. The molecule has 0 aromatic heterocycles. The molecule has 1 aliphatic carbocycles. The molecule has 2 unspecified atom stereocenters. The Bertz CT molecular complexity index is 379. The Hall–Kier alpha value is -0.995. The number of fused-ring (bicyclic) bond motifs is 1. The molecule has 0 radical (unpaired) electrons. The number of nitrogens with two attached hydrogens (primary N) is 1. The van der Waals surface area contributed by atoms with Gasteiger partial charge in [0.15, 0.2) is 0 Å². The lowest BCUT2D eigenvalue weighted by Gasteiger charge is -2.09. The number of rotatable bonds is 4. The lowest BCUT2D eigenvalue weighted by atomic mass is 9.85. The second-order valence-electron chi connectivity index (χ2n) is 7.22. The fourth-order valence-electron chi connectivity index (χ4n) is 3.66. The molecule has 0 bridgehead atoms. The topological polar surface area (TPSA) is 136 Å². The highest BCUT2D eigenvalue weighted by Gasteiger charge is 2.37. The van der Waals surface area contributed by atoms with Crippen LogP contribution in [0, 0.1) is 11.8 Å². The van der Waals surface area contributed by atoms with E-state index in [1.165, 1.54) is 25.9 Å². The van der Waals surface area contributed by atoms with E-state index >= 15 is 0 Å². The van der Waals surface area contributed by atoms with Crippen molar-refractivity contribution in [1.29, 1.82) is 0 Å². The fraction of sp³-hybridized carbons (Fsp3) is 0.875. The van der Waals surface area contributed by atoms with Crippen LogP contribution in [0.15, 0.2) is 0 Å². The van der Waals surface area contributed by atoms with Crippen molar-refractivity contribution in [3.8, 4) is 0 Å². The lowest BCUT2D eigenvalue weighted by Crippen LogP contribution is -2.22. The van der Waals surface area contributed by atoms with Crippen molar-refractivity contribution in [3.63, 3.8) is 0 Å². The summed E-state index contributed by atoms with van der Waals surface area (Å²) in [5, 5.41) is 27.2. The van der Waals surface area contributed by atoms with E-state index in [0.29, 0.717) is 6.04 Å². The van der Waals surface area contributed by atoms with Gasteiger partial charge in [0.1, 0.15) is 6.29 Å². The van der Waals surface area contributed by atoms with Crippen LogP contribution in [0.1, 0.15) is 32.1 Å². The summed E-state index contributed by atoms with van der Waals surface area (Å²) < 4.78 is 0. The third-order valence-corrected chi connectivity index (χ3v) is 4.85. The molecule has 0 amide bonds. The summed E-state index contributed by atoms with van der Waals surface area (Å²) >= 11 is 0. The van der Waals surface area contributed by atoms with E-state index in [-0.39, 0.29) is 18.8 Å². The minimum atomic E-state index is -1.49. The molecule has 3 fully saturated rings. The molecule has 6 N–H and O–H groups in total. The number of carbonyl (C=O) groups excluding carboxylic acids is 1. The summed E-state index contributed by atoms with van der Waals surface area (Å²) in [4.78, 5) is 22.1. The third-order valence-electron chi connectivity index (χ3n) is 4.85. The Balaban J connectivity index is 0.000000192. The molecule has 0 aromatic carbocycles. The minimum Gasteiger partial charge on any atom is -0.481 e. The average molecular weight is 357 g/mol. The molecular formula is C16H32BN3O5. The second-order valence-corrected chi connectivity index (χ2v) is 7.22. The summed E-state index contributed by atoms with van der Waals surface area (Å²) in [5.41, 5.74) is 5.85. The third kappa shape index (κ3) is 9.32. The first kappa shape index (κ1) is 22.0. The number of nitrogens with one attached hydrogen (secondary N) is 1. The zero-order valence-electron chi connectivity index (χ0n) is 15.0. The highest BCUT2D eigenvalue weighted by Crippen LogP contribution is 2.36. The summed E-state index contributed by atoms with van der Waals surface area (Å²) in [6, 6.07) is 0.684. The number of hydrogen-bond acceptors (Lipinski definition) is 7. The van der Waals surface area contributed by atoms with Crippen LogP contribution in [-0.2, 0) is 9.59 Å². The number of carbonyl (C=O) groups is 2. The maximum Gasteiger partial charge on any atom is 0.451 e. The van der Waals surface area contributed by atoms with Gasteiger partial charge in [-0.25, -0.2) is 0 Å². The van der Waals surface area contributed by atoms with E-state index in [2.05, 4.69) is 17.3 Å². The van der Waals surface area contributed by atoms with Crippen molar-refractivity contribution in [2.45, 2.75) is 50.5 Å². The number of aliphatic carboxylic acids is 1. The van der Waals surface area contributed by atoms with Gasteiger partial charge >= 0.3 is 13.1 Å². The van der Waals surface area contributed by atoms with Crippen molar-refractivity contribution in [2.75, 3.05) is 26.7 Å². The van der Waals surface area contributed by atoms with Crippen LogP contribution in [0.5, 0.6) is 0 Å². The monoisotopic (exact) mass is 357 g/mol. The van der Waals surface area contributed by atoms with Gasteiger partial charge in [-0.1, -0.05) is 0 Å².